The minimum Gasteiger partial charge on any atom is -0.495 e. The van der Waals surface area contributed by atoms with Gasteiger partial charge in [-0.25, -0.2) is 4.99 Å². The van der Waals surface area contributed by atoms with E-state index in [1.165, 1.54) is 17.3 Å². The van der Waals surface area contributed by atoms with Crippen molar-refractivity contribution in [3.63, 3.8) is 0 Å². The molecule has 6 nitrogen and oxygen atoms in total. The van der Waals surface area contributed by atoms with Gasteiger partial charge in [0.25, 0.3) is 0 Å². The van der Waals surface area contributed by atoms with E-state index in [1.54, 1.807) is 19.2 Å². The second-order valence-corrected chi connectivity index (χ2v) is 7.43. The van der Waals surface area contributed by atoms with Crippen molar-refractivity contribution in [2.24, 2.45) is 4.99 Å². The van der Waals surface area contributed by atoms with Gasteiger partial charge in [0.2, 0.25) is 11.8 Å². The third-order valence-corrected chi connectivity index (χ3v) is 5.33. The summed E-state index contributed by atoms with van der Waals surface area (Å²) in [7, 11) is 1.54. The number of ether oxygens (including phenoxy) is 1. The van der Waals surface area contributed by atoms with Crippen LogP contribution in [0.15, 0.2) is 47.5 Å². The molecule has 1 aliphatic heterocycles. The van der Waals surface area contributed by atoms with Crippen LogP contribution in [0.4, 0.5) is 11.4 Å². The van der Waals surface area contributed by atoms with Gasteiger partial charge in [-0.2, -0.15) is 0 Å². The first-order chi connectivity index (χ1) is 13.0. The van der Waals surface area contributed by atoms with E-state index in [1.807, 2.05) is 44.2 Å². The van der Waals surface area contributed by atoms with Gasteiger partial charge in [-0.15, -0.1) is 0 Å². The second-order valence-electron chi connectivity index (χ2n) is 6.23. The van der Waals surface area contributed by atoms with E-state index in [9.17, 15) is 9.59 Å². The number of carbonyl (C=O) groups excluding carboxylic acids is 2. The molecule has 1 atom stereocenters. The van der Waals surface area contributed by atoms with Gasteiger partial charge in [-0.1, -0.05) is 30.0 Å². The lowest BCUT2D eigenvalue weighted by Crippen LogP contribution is -2.28. The number of amidine groups is 1. The van der Waals surface area contributed by atoms with Crippen LogP contribution in [0.5, 0.6) is 5.75 Å². The fourth-order valence-electron chi connectivity index (χ4n) is 2.62. The van der Waals surface area contributed by atoms with E-state index in [0.29, 0.717) is 16.6 Å². The first-order valence-electron chi connectivity index (χ1n) is 8.52. The van der Waals surface area contributed by atoms with Crippen molar-refractivity contribution in [3.05, 3.63) is 53.6 Å². The fraction of sp³-hybridized carbons (Fsp3) is 0.250. The highest BCUT2D eigenvalue weighted by Crippen LogP contribution is 2.28. The molecule has 1 saturated heterocycles. The Labute approximate surface area is 162 Å². The number of hydrogen-bond donors (Lipinski definition) is 2. The second kappa shape index (κ2) is 8.26. The van der Waals surface area contributed by atoms with E-state index in [-0.39, 0.29) is 18.2 Å². The maximum Gasteiger partial charge on any atom is 0.240 e. The maximum absolute atomic E-state index is 12.3. The Hall–Kier alpha value is -2.80. The first kappa shape index (κ1) is 19.0. The highest BCUT2D eigenvalue weighted by Gasteiger charge is 2.32. The van der Waals surface area contributed by atoms with Gasteiger partial charge >= 0.3 is 0 Å². The van der Waals surface area contributed by atoms with Crippen LogP contribution in [-0.2, 0) is 9.59 Å². The number of amides is 2. The summed E-state index contributed by atoms with van der Waals surface area (Å²) in [5, 5.41) is 5.54. The summed E-state index contributed by atoms with van der Waals surface area (Å²) in [6.45, 7) is 4.05. The summed E-state index contributed by atoms with van der Waals surface area (Å²) in [4.78, 5) is 29.0. The zero-order valence-electron chi connectivity index (χ0n) is 15.4. The molecule has 0 aromatic heterocycles. The number of anilines is 1. The van der Waals surface area contributed by atoms with Crippen LogP contribution in [0.1, 0.15) is 17.5 Å². The van der Waals surface area contributed by atoms with Crippen LogP contribution in [0.25, 0.3) is 0 Å². The molecule has 0 unspecified atom stereocenters. The third-order valence-electron chi connectivity index (χ3n) is 4.25. The molecule has 3 rings (SSSR count). The number of thioether (sulfide) groups is 1. The Bertz CT molecular complexity index is 911. The molecule has 7 heteroatoms. The number of nitrogens with zero attached hydrogens (tertiary/aromatic N) is 1. The number of carbonyl (C=O) groups is 2. The molecule has 1 fully saturated rings. The average molecular weight is 383 g/mol. The molecule has 1 aliphatic rings. The topological polar surface area (TPSA) is 79.8 Å². The van der Waals surface area contributed by atoms with Crippen LogP contribution in [0.3, 0.4) is 0 Å². The SMILES string of the molecule is COc1ccccc1NC(=O)C[C@@H]1SC(=Nc2ccc(C)c(C)c2)NC1=O. The minimum absolute atomic E-state index is 0.0560. The van der Waals surface area contributed by atoms with Gasteiger partial charge in [0.1, 0.15) is 11.0 Å². The number of methoxy groups -OCH3 is 1. The van der Waals surface area contributed by atoms with Crippen molar-refractivity contribution >= 4 is 40.1 Å². The zero-order chi connectivity index (χ0) is 19.4. The number of rotatable bonds is 5. The molecule has 0 bridgehead atoms. The molecule has 1 heterocycles. The molecule has 0 aliphatic carbocycles. The molecule has 0 radical (unpaired) electrons. The summed E-state index contributed by atoms with van der Waals surface area (Å²) >= 11 is 1.27. The van der Waals surface area contributed by atoms with Gasteiger partial charge in [-0.3, -0.25) is 9.59 Å². The van der Waals surface area contributed by atoms with E-state index in [2.05, 4.69) is 15.6 Å². The summed E-state index contributed by atoms with van der Waals surface area (Å²) < 4.78 is 5.22. The molecule has 2 amide bonds. The smallest absolute Gasteiger partial charge is 0.240 e. The number of benzene rings is 2. The van der Waals surface area contributed by atoms with Gasteiger partial charge in [-0.05, 0) is 49.2 Å². The van der Waals surface area contributed by atoms with Crippen molar-refractivity contribution in [2.45, 2.75) is 25.5 Å². The van der Waals surface area contributed by atoms with Crippen molar-refractivity contribution in [3.8, 4) is 5.75 Å². The van der Waals surface area contributed by atoms with E-state index >= 15 is 0 Å². The summed E-state index contributed by atoms with van der Waals surface area (Å²) in [5.41, 5.74) is 3.68. The molecule has 0 spiro atoms. The molecule has 27 heavy (non-hydrogen) atoms. The minimum atomic E-state index is -0.509. The Kier molecular flexibility index (Phi) is 5.81. The van der Waals surface area contributed by atoms with Crippen LogP contribution < -0.4 is 15.4 Å². The van der Waals surface area contributed by atoms with Crippen molar-refractivity contribution < 1.29 is 14.3 Å². The molecular weight excluding hydrogens is 362 g/mol. The van der Waals surface area contributed by atoms with E-state index in [0.717, 1.165) is 11.3 Å². The fourth-order valence-corrected chi connectivity index (χ4v) is 3.61. The van der Waals surface area contributed by atoms with Crippen LogP contribution in [-0.4, -0.2) is 29.3 Å². The van der Waals surface area contributed by atoms with Crippen LogP contribution >= 0.6 is 11.8 Å². The van der Waals surface area contributed by atoms with E-state index in [4.69, 9.17) is 4.74 Å². The zero-order valence-corrected chi connectivity index (χ0v) is 16.2. The van der Waals surface area contributed by atoms with Crippen LogP contribution in [0.2, 0.25) is 0 Å². The first-order valence-corrected chi connectivity index (χ1v) is 9.40. The maximum atomic E-state index is 12.3. The molecule has 0 saturated carbocycles. The summed E-state index contributed by atoms with van der Waals surface area (Å²) in [5.74, 6) is 0.115. The monoisotopic (exact) mass is 383 g/mol. The number of para-hydroxylation sites is 2. The lowest BCUT2D eigenvalue weighted by molar-refractivity contribution is -0.122. The Morgan fingerprint density at radius 1 is 1.22 bits per heavy atom. The van der Waals surface area contributed by atoms with Crippen molar-refractivity contribution in [2.75, 3.05) is 12.4 Å². The van der Waals surface area contributed by atoms with Crippen LogP contribution in [0, 0.1) is 13.8 Å². The summed E-state index contributed by atoms with van der Waals surface area (Å²) in [6, 6.07) is 13.0. The highest BCUT2D eigenvalue weighted by molar-refractivity contribution is 8.15. The molecule has 2 aromatic rings. The largest absolute Gasteiger partial charge is 0.495 e. The van der Waals surface area contributed by atoms with E-state index < -0.39 is 5.25 Å². The van der Waals surface area contributed by atoms with Gasteiger partial charge in [0.15, 0.2) is 5.17 Å². The molecular formula is C20H21N3O3S. The molecule has 2 N–H and O–H groups in total. The number of nitrogens with one attached hydrogen (secondary N) is 2. The van der Waals surface area contributed by atoms with Gasteiger partial charge in [0.05, 0.1) is 18.5 Å². The lowest BCUT2D eigenvalue weighted by Gasteiger charge is -2.10. The van der Waals surface area contributed by atoms with Gasteiger partial charge < -0.3 is 15.4 Å². The molecule has 140 valence electrons. The van der Waals surface area contributed by atoms with Crippen molar-refractivity contribution in [1.29, 1.82) is 0 Å². The van der Waals surface area contributed by atoms with Gasteiger partial charge in [0, 0.05) is 6.42 Å². The highest BCUT2D eigenvalue weighted by atomic mass is 32.2. The standard InChI is InChI=1S/C20H21N3O3S/c1-12-8-9-14(10-13(12)2)21-20-23-19(25)17(27-20)11-18(24)22-15-6-4-5-7-16(15)26-3/h4-10,17H,11H2,1-3H3,(H,22,24)(H,21,23,25)/t17-/m0/s1. The Balaban J connectivity index is 1.64. The Morgan fingerprint density at radius 2 is 2.00 bits per heavy atom. The predicted molar refractivity (Wildman–Crippen MR) is 109 cm³/mol. The Morgan fingerprint density at radius 3 is 2.74 bits per heavy atom. The third kappa shape index (κ3) is 4.68. The summed E-state index contributed by atoms with van der Waals surface area (Å²) in [6.07, 6.45) is 0.0560. The predicted octanol–water partition coefficient (Wildman–Crippen LogP) is 3.56. The quantitative estimate of drug-likeness (QED) is 0.827. The lowest BCUT2D eigenvalue weighted by atomic mass is 10.1. The average Bonchev–Trinajstić information content (AvgIpc) is 2.97. The molecule has 2 aromatic carbocycles. The number of aliphatic imine (C=N–C) groups is 1. The number of hydrogen-bond acceptors (Lipinski definition) is 5. The van der Waals surface area contributed by atoms with Crippen molar-refractivity contribution in [1.82, 2.24) is 5.32 Å². The number of aryl methyl sites for hydroxylation is 2. The normalized spacial score (nSPS) is 17.7.